The predicted molar refractivity (Wildman–Crippen MR) is 89.5 cm³/mol. The lowest BCUT2D eigenvalue weighted by atomic mass is 10.0. The predicted octanol–water partition coefficient (Wildman–Crippen LogP) is 2.18. The van der Waals surface area contributed by atoms with Gasteiger partial charge in [-0.05, 0) is 24.9 Å². The molecule has 0 radical (unpaired) electrons. The monoisotopic (exact) mass is 316 g/mol. The van der Waals surface area contributed by atoms with Crippen molar-refractivity contribution in [2.24, 2.45) is 7.05 Å². The van der Waals surface area contributed by atoms with E-state index in [2.05, 4.69) is 15.2 Å². The van der Waals surface area contributed by atoms with Crippen molar-refractivity contribution in [2.45, 2.75) is 31.9 Å². The minimum atomic E-state index is 0.365. The Bertz CT molecular complexity index is 572. The van der Waals surface area contributed by atoms with Gasteiger partial charge in [-0.25, -0.2) is 0 Å². The highest BCUT2D eigenvalue weighted by molar-refractivity contribution is 5.37. The Kier molecular flexibility index (Phi) is 6.62. The van der Waals surface area contributed by atoms with E-state index in [1.54, 1.807) is 4.68 Å². The van der Waals surface area contributed by atoms with Gasteiger partial charge < -0.3 is 15.8 Å². The summed E-state index contributed by atoms with van der Waals surface area (Å²) < 4.78 is 6.27. The molecular formula is C17H24N4O2. The van der Waals surface area contributed by atoms with Crippen LogP contribution in [0.3, 0.4) is 0 Å². The zero-order chi connectivity index (χ0) is 16.5. The quantitative estimate of drug-likeness (QED) is 0.845. The lowest BCUT2D eigenvalue weighted by Gasteiger charge is -2.21. The van der Waals surface area contributed by atoms with E-state index in [9.17, 15) is 4.79 Å². The van der Waals surface area contributed by atoms with Gasteiger partial charge in [0.1, 0.15) is 12.4 Å². The molecular weight excluding hydrogens is 292 g/mol. The largest absolute Gasteiger partial charge is 0.463 e. The topological polar surface area (TPSA) is 82.2 Å². The minimum Gasteiger partial charge on any atom is -0.463 e. The number of ether oxygens (including phenoxy) is 1. The Morgan fingerprint density at radius 3 is 2.74 bits per heavy atom. The second kappa shape index (κ2) is 8.95. The first-order chi connectivity index (χ1) is 11.2. The number of aryl methyl sites for hydroxylation is 1. The van der Waals surface area contributed by atoms with Crippen molar-refractivity contribution in [1.29, 1.82) is 0 Å². The number of carbonyl (C=O) groups excluding carboxylic acids is 1. The van der Waals surface area contributed by atoms with Crippen molar-refractivity contribution in [3.63, 3.8) is 0 Å². The standard InChI is InChI=1S/C9H16N4.C8H8O2/c1-13-9(10)6-8(12-13)7-4-2-3-5-11-7;9-7-10-6-8-4-2-1-3-5-8/h6-7,11H,2-5,10H2,1H3;1-5,7H,6H2. The highest BCUT2D eigenvalue weighted by Gasteiger charge is 2.17. The number of carbonyl (C=O) groups is 1. The summed E-state index contributed by atoms with van der Waals surface area (Å²) in [4.78, 5) is 9.76. The van der Waals surface area contributed by atoms with E-state index >= 15 is 0 Å². The number of piperidine rings is 1. The molecule has 1 unspecified atom stereocenters. The van der Waals surface area contributed by atoms with Gasteiger partial charge in [0.15, 0.2) is 0 Å². The smallest absolute Gasteiger partial charge is 0.293 e. The molecule has 1 saturated heterocycles. The fourth-order valence-corrected chi connectivity index (χ4v) is 2.48. The van der Waals surface area contributed by atoms with Crippen molar-refractivity contribution in [3.05, 3.63) is 47.7 Å². The first-order valence-electron chi connectivity index (χ1n) is 7.82. The maximum absolute atomic E-state index is 9.76. The third-order valence-corrected chi connectivity index (χ3v) is 3.76. The molecule has 1 atom stereocenters. The lowest BCUT2D eigenvalue weighted by Crippen LogP contribution is -2.27. The van der Waals surface area contributed by atoms with Crippen molar-refractivity contribution in [1.82, 2.24) is 15.1 Å². The highest BCUT2D eigenvalue weighted by Crippen LogP contribution is 2.22. The molecule has 1 aliphatic rings. The van der Waals surface area contributed by atoms with E-state index in [4.69, 9.17) is 5.73 Å². The van der Waals surface area contributed by atoms with Gasteiger partial charge in [-0.2, -0.15) is 5.10 Å². The summed E-state index contributed by atoms with van der Waals surface area (Å²) in [5.74, 6) is 0.738. The van der Waals surface area contributed by atoms with E-state index in [0.717, 1.165) is 23.6 Å². The van der Waals surface area contributed by atoms with Crippen LogP contribution < -0.4 is 11.1 Å². The van der Waals surface area contributed by atoms with E-state index < -0.39 is 0 Å². The van der Waals surface area contributed by atoms with Gasteiger partial charge in [-0.1, -0.05) is 36.8 Å². The molecule has 2 heterocycles. The average molecular weight is 316 g/mol. The number of nitrogens with two attached hydrogens (primary N) is 1. The molecule has 0 spiro atoms. The number of rotatable bonds is 4. The Hall–Kier alpha value is -2.34. The lowest BCUT2D eigenvalue weighted by molar-refractivity contribution is -0.129. The molecule has 1 aliphatic heterocycles. The van der Waals surface area contributed by atoms with Crippen LogP contribution in [0.25, 0.3) is 0 Å². The maximum Gasteiger partial charge on any atom is 0.293 e. The number of benzene rings is 1. The molecule has 0 saturated carbocycles. The van der Waals surface area contributed by atoms with Crippen molar-refractivity contribution >= 4 is 12.3 Å². The number of aromatic nitrogens is 2. The summed E-state index contributed by atoms with van der Waals surface area (Å²) in [7, 11) is 1.88. The number of nitrogens with one attached hydrogen (secondary N) is 1. The van der Waals surface area contributed by atoms with E-state index in [-0.39, 0.29) is 0 Å². The number of nitrogens with zero attached hydrogens (tertiary/aromatic N) is 2. The second-order valence-electron chi connectivity index (χ2n) is 5.51. The van der Waals surface area contributed by atoms with Crippen LogP contribution in [0.2, 0.25) is 0 Å². The summed E-state index contributed by atoms with van der Waals surface area (Å²) in [6, 6.07) is 11.9. The van der Waals surface area contributed by atoms with Crippen LogP contribution in [-0.2, 0) is 23.2 Å². The third kappa shape index (κ3) is 5.41. The molecule has 6 heteroatoms. The van der Waals surface area contributed by atoms with Crippen LogP contribution in [0.5, 0.6) is 0 Å². The molecule has 1 fully saturated rings. The summed E-state index contributed by atoms with van der Waals surface area (Å²) in [5, 5.41) is 7.81. The van der Waals surface area contributed by atoms with Crippen LogP contribution in [-0.4, -0.2) is 22.8 Å². The Balaban J connectivity index is 0.000000174. The average Bonchev–Trinajstić information content (AvgIpc) is 2.94. The molecule has 23 heavy (non-hydrogen) atoms. The van der Waals surface area contributed by atoms with Gasteiger partial charge in [-0.3, -0.25) is 9.48 Å². The first kappa shape index (κ1) is 17.0. The Morgan fingerprint density at radius 1 is 1.39 bits per heavy atom. The van der Waals surface area contributed by atoms with E-state index in [1.165, 1.54) is 19.3 Å². The molecule has 0 amide bonds. The summed E-state index contributed by atoms with van der Waals surface area (Å²) in [5.41, 5.74) is 7.81. The number of nitrogen functional groups attached to an aromatic ring is 1. The SMILES string of the molecule is Cn1nc(C2CCCCN2)cc1N.O=COCc1ccccc1. The van der Waals surface area contributed by atoms with Gasteiger partial charge in [-0.15, -0.1) is 0 Å². The zero-order valence-corrected chi connectivity index (χ0v) is 13.4. The summed E-state index contributed by atoms with van der Waals surface area (Å²) >= 11 is 0. The zero-order valence-electron chi connectivity index (χ0n) is 13.4. The van der Waals surface area contributed by atoms with E-state index in [1.807, 2.05) is 43.4 Å². The van der Waals surface area contributed by atoms with Crippen molar-refractivity contribution < 1.29 is 9.53 Å². The van der Waals surface area contributed by atoms with Gasteiger partial charge in [0.2, 0.25) is 0 Å². The maximum atomic E-state index is 9.76. The number of anilines is 1. The molecule has 124 valence electrons. The van der Waals surface area contributed by atoms with Crippen LogP contribution >= 0.6 is 0 Å². The first-order valence-corrected chi connectivity index (χ1v) is 7.82. The third-order valence-electron chi connectivity index (χ3n) is 3.76. The normalized spacial score (nSPS) is 17.0. The molecule has 2 aromatic rings. The van der Waals surface area contributed by atoms with Gasteiger partial charge in [0.05, 0.1) is 11.7 Å². The fraction of sp³-hybridized carbons (Fsp3) is 0.412. The highest BCUT2D eigenvalue weighted by atomic mass is 16.5. The van der Waals surface area contributed by atoms with Gasteiger partial charge in [0, 0.05) is 13.1 Å². The Morgan fingerprint density at radius 2 is 2.17 bits per heavy atom. The molecule has 6 nitrogen and oxygen atoms in total. The fourth-order valence-electron chi connectivity index (χ4n) is 2.48. The van der Waals surface area contributed by atoms with Crippen molar-refractivity contribution in [2.75, 3.05) is 12.3 Å². The molecule has 1 aromatic heterocycles. The molecule has 0 aliphatic carbocycles. The number of hydrogen-bond acceptors (Lipinski definition) is 5. The second-order valence-corrected chi connectivity index (χ2v) is 5.51. The minimum absolute atomic E-state index is 0.365. The Labute approximate surface area is 136 Å². The molecule has 3 rings (SSSR count). The number of hydrogen-bond donors (Lipinski definition) is 2. The molecule has 3 N–H and O–H groups in total. The van der Waals surface area contributed by atoms with E-state index in [0.29, 0.717) is 19.1 Å². The summed E-state index contributed by atoms with van der Waals surface area (Å²) in [6.45, 7) is 1.92. The van der Waals surface area contributed by atoms with Crippen LogP contribution in [0.4, 0.5) is 5.82 Å². The van der Waals surface area contributed by atoms with Gasteiger partial charge >= 0.3 is 0 Å². The van der Waals surface area contributed by atoms with Crippen LogP contribution in [0, 0.1) is 0 Å². The molecule has 1 aromatic carbocycles. The molecule has 0 bridgehead atoms. The van der Waals surface area contributed by atoms with Crippen LogP contribution in [0.1, 0.15) is 36.6 Å². The van der Waals surface area contributed by atoms with Gasteiger partial charge in [0.25, 0.3) is 6.47 Å². The summed E-state index contributed by atoms with van der Waals surface area (Å²) in [6.07, 6.45) is 3.74. The van der Waals surface area contributed by atoms with Crippen molar-refractivity contribution in [3.8, 4) is 0 Å². The van der Waals surface area contributed by atoms with Crippen LogP contribution in [0.15, 0.2) is 36.4 Å².